The first-order valence-electron chi connectivity index (χ1n) is 10.2. The van der Waals surface area contributed by atoms with Crippen LogP contribution in [0.15, 0.2) is 54.7 Å². The van der Waals surface area contributed by atoms with Crippen molar-refractivity contribution in [3.63, 3.8) is 0 Å². The highest BCUT2D eigenvalue weighted by molar-refractivity contribution is 6.04. The molecule has 2 N–H and O–H groups in total. The molecular formula is C24H18N2O8. The van der Waals surface area contributed by atoms with Gasteiger partial charge in [0, 0.05) is 23.7 Å². The molecule has 0 saturated carbocycles. The van der Waals surface area contributed by atoms with Crippen molar-refractivity contribution in [2.45, 2.75) is 18.9 Å². The van der Waals surface area contributed by atoms with E-state index in [1.54, 1.807) is 48.5 Å². The Morgan fingerprint density at radius 3 is 2.41 bits per heavy atom. The molecule has 1 aromatic heterocycles. The van der Waals surface area contributed by atoms with E-state index in [1.807, 2.05) is 0 Å². The third kappa shape index (κ3) is 4.33. The molecule has 0 saturated heterocycles. The molecule has 172 valence electrons. The van der Waals surface area contributed by atoms with Gasteiger partial charge in [0.15, 0.2) is 23.9 Å². The van der Waals surface area contributed by atoms with Gasteiger partial charge >= 0.3 is 17.9 Å². The van der Waals surface area contributed by atoms with Gasteiger partial charge in [-0.25, -0.2) is 14.6 Å². The van der Waals surface area contributed by atoms with Crippen LogP contribution in [-0.2, 0) is 22.4 Å². The standard InChI is InChI=1S/C24H18N2O8/c27-19(13-5-2-1-3-6-13)12-34-20(28)9-14-7-4-8-15-16(14)10-18(21(15)29)26-11-17(23(30)31)25-22(26)24(32)33/h1-8,11,18H,9-10,12H2,(H,30,31)(H,32,33). The second-order valence-electron chi connectivity index (χ2n) is 7.62. The molecule has 10 nitrogen and oxygen atoms in total. The molecule has 0 amide bonds. The van der Waals surface area contributed by atoms with Crippen molar-refractivity contribution in [3.05, 3.63) is 88.5 Å². The fourth-order valence-electron chi connectivity index (χ4n) is 3.91. The Morgan fingerprint density at radius 2 is 1.74 bits per heavy atom. The van der Waals surface area contributed by atoms with E-state index in [0.717, 1.165) is 10.8 Å². The minimum Gasteiger partial charge on any atom is -0.476 e. The molecular weight excluding hydrogens is 444 g/mol. The number of nitrogens with zero attached hydrogens (tertiary/aromatic N) is 2. The molecule has 0 fully saturated rings. The molecule has 1 aliphatic carbocycles. The van der Waals surface area contributed by atoms with Crippen LogP contribution in [0.3, 0.4) is 0 Å². The van der Waals surface area contributed by atoms with Gasteiger partial charge < -0.3 is 19.5 Å². The number of carbonyl (C=O) groups excluding carboxylic acids is 3. The maximum Gasteiger partial charge on any atom is 0.372 e. The van der Waals surface area contributed by atoms with Gasteiger partial charge in [-0.2, -0.15) is 0 Å². The number of esters is 1. The van der Waals surface area contributed by atoms with Crippen molar-refractivity contribution in [1.82, 2.24) is 9.55 Å². The number of benzene rings is 2. The fraction of sp³-hybridized carbons (Fsp3) is 0.167. The second-order valence-corrected chi connectivity index (χ2v) is 7.62. The molecule has 4 rings (SSSR count). The topological polar surface area (TPSA) is 153 Å². The van der Waals surface area contributed by atoms with Gasteiger partial charge in [-0.15, -0.1) is 0 Å². The highest BCUT2D eigenvalue weighted by Crippen LogP contribution is 2.34. The second kappa shape index (κ2) is 9.10. The first-order chi connectivity index (χ1) is 16.3. The summed E-state index contributed by atoms with van der Waals surface area (Å²) in [7, 11) is 0. The monoisotopic (exact) mass is 462 g/mol. The fourth-order valence-corrected chi connectivity index (χ4v) is 3.91. The van der Waals surface area contributed by atoms with Crippen LogP contribution in [0.2, 0.25) is 0 Å². The Morgan fingerprint density at radius 1 is 1.00 bits per heavy atom. The van der Waals surface area contributed by atoms with Gasteiger partial charge in [0.2, 0.25) is 5.82 Å². The average molecular weight is 462 g/mol. The molecule has 0 bridgehead atoms. The number of fused-ring (bicyclic) bond motifs is 1. The molecule has 0 spiro atoms. The molecule has 1 aliphatic rings. The average Bonchev–Trinajstić information content (AvgIpc) is 3.41. The van der Waals surface area contributed by atoms with Gasteiger partial charge in [-0.1, -0.05) is 48.5 Å². The van der Waals surface area contributed by atoms with Gasteiger partial charge in [0.25, 0.3) is 0 Å². The lowest BCUT2D eigenvalue weighted by Gasteiger charge is -2.12. The number of ketones is 2. The van der Waals surface area contributed by atoms with Gasteiger partial charge in [0.05, 0.1) is 6.42 Å². The smallest absolute Gasteiger partial charge is 0.372 e. The first kappa shape index (κ1) is 22.6. The highest BCUT2D eigenvalue weighted by atomic mass is 16.5. The van der Waals surface area contributed by atoms with Crippen molar-refractivity contribution in [2.24, 2.45) is 0 Å². The third-order valence-corrected chi connectivity index (χ3v) is 5.51. The zero-order chi connectivity index (χ0) is 24.4. The molecule has 2 aromatic carbocycles. The molecule has 1 atom stereocenters. The Labute approximate surface area is 192 Å². The maximum absolute atomic E-state index is 13.0. The molecule has 34 heavy (non-hydrogen) atoms. The Balaban J connectivity index is 1.52. The highest BCUT2D eigenvalue weighted by Gasteiger charge is 2.36. The number of aromatic carboxylic acids is 2. The van der Waals surface area contributed by atoms with E-state index in [4.69, 9.17) is 9.84 Å². The van der Waals surface area contributed by atoms with Crippen molar-refractivity contribution >= 4 is 29.5 Å². The third-order valence-electron chi connectivity index (χ3n) is 5.51. The van der Waals surface area contributed by atoms with Crippen LogP contribution in [0, 0.1) is 0 Å². The van der Waals surface area contributed by atoms with E-state index in [-0.39, 0.29) is 18.6 Å². The number of imidazole rings is 1. The molecule has 1 unspecified atom stereocenters. The number of carboxylic acid groups (broad SMARTS) is 2. The number of ether oxygens (including phenoxy) is 1. The summed E-state index contributed by atoms with van der Waals surface area (Å²) in [6.07, 6.45) is 0.876. The Hall–Kier alpha value is -4.60. The molecule has 10 heteroatoms. The summed E-state index contributed by atoms with van der Waals surface area (Å²) in [5.41, 5.74) is 1.26. The molecule has 1 heterocycles. The van der Waals surface area contributed by atoms with Crippen LogP contribution in [0.4, 0.5) is 0 Å². The quantitative estimate of drug-likeness (QED) is 0.379. The summed E-state index contributed by atoms with van der Waals surface area (Å²) in [4.78, 5) is 63.9. The lowest BCUT2D eigenvalue weighted by Crippen LogP contribution is -2.20. The van der Waals surface area contributed by atoms with Crippen LogP contribution < -0.4 is 0 Å². The minimum absolute atomic E-state index is 0.0519. The zero-order valence-electron chi connectivity index (χ0n) is 17.6. The Bertz CT molecular complexity index is 1330. The number of rotatable bonds is 8. The summed E-state index contributed by atoms with van der Waals surface area (Å²) in [6.45, 7) is -0.422. The van der Waals surface area contributed by atoms with E-state index >= 15 is 0 Å². The first-order valence-corrected chi connectivity index (χ1v) is 10.2. The molecule has 3 aromatic rings. The van der Waals surface area contributed by atoms with Crippen molar-refractivity contribution < 1.29 is 38.9 Å². The van der Waals surface area contributed by atoms with E-state index in [2.05, 4.69) is 4.98 Å². The minimum atomic E-state index is -1.47. The lowest BCUT2D eigenvalue weighted by molar-refractivity contribution is -0.141. The summed E-state index contributed by atoms with van der Waals surface area (Å²) in [6, 6.07) is 12.2. The van der Waals surface area contributed by atoms with Gasteiger partial charge in [0.1, 0.15) is 6.04 Å². The van der Waals surface area contributed by atoms with Crippen molar-refractivity contribution in [3.8, 4) is 0 Å². The summed E-state index contributed by atoms with van der Waals surface area (Å²) >= 11 is 0. The maximum atomic E-state index is 13.0. The predicted molar refractivity (Wildman–Crippen MR) is 115 cm³/mol. The van der Waals surface area contributed by atoms with E-state index in [0.29, 0.717) is 22.3 Å². The molecule has 0 radical (unpaired) electrons. The zero-order valence-corrected chi connectivity index (χ0v) is 17.6. The van der Waals surface area contributed by atoms with Gasteiger partial charge in [-0.05, 0) is 11.1 Å². The Kier molecular flexibility index (Phi) is 6.05. The summed E-state index contributed by atoms with van der Waals surface area (Å²) < 4.78 is 6.15. The van der Waals surface area contributed by atoms with Gasteiger partial charge in [-0.3, -0.25) is 14.4 Å². The van der Waals surface area contributed by atoms with E-state index in [1.165, 1.54) is 0 Å². The van der Waals surface area contributed by atoms with Crippen LogP contribution in [-0.4, -0.2) is 55.8 Å². The summed E-state index contributed by atoms with van der Waals surface area (Å²) in [5, 5.41) is 18.6. The normalized spacial score (nSPS) is 14.5. The number of Topliss-reactive ketones (excluding diaryl/α,β-unsaturated/α-hetero) is 2. The van der Waals surface area contributed by atoms with E-state index < -0.39 is 47.9 Å². The number of hydrogen-bond donors (Lipinski definition) is 2. The lowest BCUT2D eigenvalue weighted by atomic mass is 10.0. The number of hydrogen-bond acceptors (Lipinski definition) is 7. The van der Waals surface area contributed by atoms with Crippen LogP contribution in [0.5, 0.6) is 0 Å². The van der Waals surface area contributed by atoms with Crippen LogP contribution in [0.25, 0.3) is 0 Å². The SMILES string of the molecule is O=C(Cc1cccc2c1CC(n1cc(C(=O)O)nc1C(=O)O)C2=O)OCC(=O)c1ccccc1. The van der Waals surface area contributed by atoms with Crippen LogP contribution in [0.1, 0.15) is 59.0 Å². The molecule has 0 aliphatic heterocycles. The number of aromatic nitrogens is 2. The van der Waals surface area contributed by atoms with Crippen LogP contribution >= 0.6 is 0 Å². The van der Waals surface area contributed by atoms with Crippen molar-refractivity contribution in [1.29, 1.82) is 0 Å². The van der Waals surface area contributed by atoms with E-state index in [9.17, 15) is 29.1 Å². The predicted octanol–water partition coefficient (Wildman–Crippen LogP) is 2.23. The summed E-state index contributed by atoms with van der Waals surface area (Å²) in [5.74, 6) is -4.88. The number of carbonyl (C=O) groups is 5. The largest absolute Gasteiger partial charge is 0.476 e. The number of carboxylic acids is 2. The van der Waals surface area contributed by atoms with Crippen molar-refractivity contribution in [2.75, 3.05) is 6.61 Å².